The molecule has 6 heteroatoms. The maximum absolute atomic E-state index is 12.5. The average Bonchev–Trinajstić information content (AvgIpc) is 2.65. The van der Waals surface area contributed by atoms with Crippen molar-refractivity contribution in [2.75, 3.05) is 10.6 Å². The Morgan fingerprint density at radius 2 is 1.19 bits per heavy atom. The van der Waals surface area contributed by atoms with Gasteiger partial charge in [-0.25, -0.2) is 0 Å². The molecular formula is C20H14Cl2N2O2. The fourth-order valence-corrected chi connectivity index (χ4v) is 2.82. The molecule has 130 valence electrons. The van der Waals surface area contributed by atoms with Gasteiger partial charge in [0.2, 0.25) is 0 Å². The van der Waals surface area contributed by atoms with Crippen molar-refractivity contribution in [2.45, 2.75) is 0 Å². The van der Waals surface area contributed by atoms with Gasteiger partial charge in [0, 0.05) is 16.8 Å². The molecule has 0 saturated carbocycles. The molecule has 0 unspecified atom stereocenters. The minimum atomic E-state index is -0.408. The van der Waals surface area contributed by atoms with Crippen LogP contribution in [-0.4, -0.2) is 11.8 Å². The predicted octanol–water partition coefficient (Wildman–Crippen LogP) is 5.50. The van der Waals surface area contributed by atoms with Gasteiger partial charge in [-0.1, -0.05) is 53.5 Å². The Bertz CT molecular complexity index is 939. The highest BCUT2D eigenvalue weighted by atomic mass is 35.5. The Balaban J connectivity index is 1.78. The van der Waals surface area contributed by atoms with E-state index in [2.05, 4.69) is 10.6 Å². The molecule has 0 aromatic heterocycles. The van der Waals surface area contributed by atoms with E-state index in [-0.39, 0.29) is 5.91 Å². The highest BCUT2D eigenvalue weighted by molar-refractivity contribution is 6.40. The standard InChI is InChI=1S/C20H14Cl2N2O2/c21-16-10-5-11-17(22)18(16)24-20(26)14-7-4-6-13(12-14)19(25)23-15-8-2-1-3-9-15/h1-12H,(H,23,25)(H,24,26). The first-order valence-corrected chi connectivity index (χ1v) is 8.52. The van der Waals surface area contributed by atoms with E-state index in [1.165, 1.54) is 6.07 Å². The van der Waals surface area contributed by atoms with E-state index in [4.69, 9.17) is 23.2 Å². The maximum atomic E-state index is 12.5. The fraction of sp³-hybridized carbons (Fsp3) is 0. The Morgan fingerprint density at radius 3 is 1.81 bits per heavy atom. The number of rotatable bonds is 4. The van der Waals surface area contributed by atoms with Gasteiger partial charge < -0.3 is 10.6 Å². The molecular weight excluding hydrogens is 371 g/mol. The highest BCUT2D eigenvalue weighted by Crippen LogP contribution is 2.30. The van der Waals surface area contributed by atoms with Crippen LogP contribution in [0.1, 0.15) is 20.7 Å². The van der Waals surface area contributed by atoms with Gasteiger partial charge in [-0.05, 0) is 42.5 Å². The third kappa shape index (κ3) is 4.23. The van der Waals surface area contributed by atoms with Crippen molar-refractivity contribution >= 4 is 46.4 Å². The second-order valence-corrected chi connectivity index (χ2v) is 6.27. The molecule has 0 bridgehead atoms. The van der Waals surface area contributed by atoms with Crippen molar-refractivity contribution in [3.63, 3.8) is 0 Å². The second-order valence-electron chi connectivity index (χ2n) is 5.45. The van der Waals surface area contributed by atoms with Gasteiger partial charge in [0.05, 0.1) is 15.7 Å². The zero-order valence-electron chi connectivity index (χ0n) is 13.5. The van der Waals surface area contributed by atoms with Gasteiger partial charge in [-0.15, -0.1) is 0 Å². The smallest absolute Gasteiger partial charge is 0.255 e. The Labute approximate surface area is 160 Å². The molecule has 2 amide bonds. The summed E-state index contributed by atoms with van der Waals surface area (Å²) in [6, 6.07) is 20.4. The number of hydrogen-bond donors (Lipinski definition) is 2. The van der Waals surface area contributed by atoms with Crippen LogP contribution >= 0.6 is 23.2 Å². The van der Waals surface area contributed by atoms with E-state index in [9.17, 15) is 9.59 Å². The number of carbonyl (C=O) groups excluding carboxylic acids is 2. The first-order chi connectivity index (χ1) is 12.5. The summed E-state index contributed by atoms with van der Waals surface area (Å²) in [5, 5.41) is 6.13. The molecule has 0 atom stereocenters. The molecule has 0 fully saturated rings. The van der Waals surface area contributed by atoms with E-state index in [1.54, 1.807) is 48.5 Å². The molecule has 4 nitrogen and oxygen atoms in total. The summed E-state index contributed by atoms with van der Waals surface area (Å²) in [6.45, 7) is 0. The van der Waals surface area contributed by atoms with Gasteiger partial charge in [-0.2, -0.15) is 0 Å². The zero-order chi connectivity index (χ0) is 18.5. The van der Waals surface area contributed by atoms with Crippen molar-refractivity contribution in [3.05, 3.63) is 94.0 Å². The molecule has 0 aliphatic heterocycles. The molecule has 2 N–H and O–H groups in total. The number of amides is 2. The summed E-state index contributed by atoms with van der Waals surface area (Å²) >= 11 is 12.1. The third-order valence-electron chi connectivity index (χ3n) is 3.62. The summed E-state index contributed by atoms with van der Waals surface area (Å²) in [5.41, 5.74) is 1.70. The maximum Gasteiger partial charge on any atom is 0.255 e. The molecule has 0 aliphatic carbocycles. The largest absolute Gasteiger partial charge is 0.322 e. The van der Waals surface area contributed by atoms with Crippen molar-refractivity contribution in [1.82, 2.24) is 0 Å². The summed E-state index contributed by atoms with van der Waals surface area (Å²) in [5.74, 6) is -0.712. The van der Waals surface area contributed by atoms with Crippen LogP contribution in [0.2, 0.25) is 10.0 Å². The zero-order valence-corrected chi connectivity index (χ0v) is 15.0. The molecule has 0 saturated heterocycles. The first kappa shape index (κ1) is 18.0. The summed E-state index contributed by atoms with van der Waals surface area (Å²) in [4.78, 5) is 24.9. The number of hydrogen-bond acceptors (Lipinski definition) is 2. The van der Waals surface area contributed by atoms with Crippen molar-refractivity contribution in [3.8, 4) is 0 Å². The third-order valence-corrected chi connectivity index (χ3v) is 4.25. The molecule has 0 radical (unpaired) electrons. The van der Waals surface area contributed by atoms with Gasteiger partial charge in [0.15, 0.2) is 0 Å². The van der Waals surface area contributed by atoms with Crippen LogP contribution in [0.4, 0.5) is 11.4 Å². The first-order valence-electron chi connectivity index (χ1n) is 7.76. The Kier molecular flexibility index (Phi) is 5.56. The topological polar surface area (TPSA) is 58.2 Å². The number of benzene rings is 3. The number of halogens is 2. The second kappa shape index (κ2) is 8.04. The Morgan fingerprint density at radius 1 is 0.654 bits per heavy atom. The normalized spacial score (nSPS) is 10.2. The predicted molar refractivity (Wildman–Crippen MR) is 105 cm³/mol. The van der Waals surface area contributed by atoms with Crippen LogP contribution in [0.25, 0.3) is 0 Å². The van der Waals surface area contributed by atoms with Gasteiger partial charge in [0.1, 0.15) is 0 Å². The molecule has 26 heavy (non-hydrogen) atoms. The number of para-hydroxylation sites is 2. The van der Waals surface area contributed by atoms with Crippen LogP contribution in [0.15, 0.2) is 72.8 Å². The van der Waals surface area contributed by atoms with Crippen LogP contribution in [0, 0.1) is 0 Å². The quantitative estimate of drug-likeness (QED) is 0.623. The monoisotopic (exact) mass is 384 g/mol. The van der Waals surface area contributed by atoms with E-state index in [1.807, 2.05) is 18.2 Å². The van der Waals surface area contributed by atoms with Crippen molar-refractivity contribution in [2.24, 2.45) is 0 Å². The van der Waals surface area contributed by atoms with Gasteiger partial charge in [0.25, 0.3) is 11.8 Å². The number of nitrogens with one attached hydrogen (secondary N) is 2. The lowest BCUT2D eigenvalue weighted by Crippen LogP contribution is -2.16. The van der Waals surface area contributed by atoms with Crippen LogP contribution < -0.4 is 10.6 Å². The molecule has 0 heterocycles. The summed E-state index contributed by atoms with van der Waals surface area (Å²) in [6.07, 6.45) is 0. The molecule has 0 aliphatic rings. The molecule has 0 spiro atoms. The average molecular weight is 385 g/mol. The SMILES string of the molecule is O=C(Nc1ccccc1)c1cccc(C(=O)Nc2c(Cl)cccc2Cl)c1. The lowest BCUT2D eigenvalue weighted by molar-refractivity contribution is 0.102. The van der Waals surface area contributed by atoms with Gasteiger partial charge >= 0.3 is 0 Å². The number of carbonyl (C=O) groups is 2. The minimum Gasteiger partial charge on any atom is -0.322 e. The lowest BCUT2D eigenvalue weighted by atomic mass is 10.1. The summed E-state index contributed by atoms with van der Waals surface area (Å²) in [7, 11) is 0. The van der Waals surface area contributed by atoms with Crippen LogP contribution in [-0.2, 0) is 0 Å². The van der Waals surface area contributed by atoms with E-state index < -0.39 is 5.91 Å². The van der Waals surface area contributed by atoms with E-state index in [0.717, 1.165) is 0 Å². The lowest BCUT2D eigenvalue weighted by Gasteiger charge is -2.10. The fourth-order valence-electron chi connectivity index (χ4n) is 2.33. The summed E-state index contributed by atoms with van der Waals surface area (Å²) < 4.78 is 0. The Hall–Kier alpha value is -2.82. The molecule has 3 aromatic carbocycles. The number of anilines is 2. The van der Waals surface area contributed by atoms with E-state index >= 15 is 0 Å². The van der Waals surface area contributed by atoms with Crippen molar-refractivity contribution in [1.29, 1.82) is 0 Å². The van der Waals surface area contributed by atoms with Gasteiger partial charge in [-0.3, -0.25) is 9.59 Å². The highest BCUT2D eigenvalue weighted by Gasteiger charge is 2.14. The minimum absolute atomic E-state index is 0.304. The van der Waals surface area contributed by atoms with Crippen LogP contribution in [0.5, 0.6) is 0 Å². The van der Waals surface area contributed by atoms with E-state index in [0.29, 0.717) is 32.5 Å². The van der Waals surface area contributed by atoms with Crippen molar-refractivity contribution < 1.29 is 9.59 Å². The molecule has 3 aromatic rings. The van der Waals surface area contributed by atoms with Crippen LogP contribution in [0.3, 0.4) is 0 Å². The molecule has 3 rings (SSSR count).